The smallest absolute Gasteiger partial charge is 0.410 e. The van der Waals surface area contributed by atoms with Gasteiger partial charge in [-0.15, -0.1) is 0 Å². The third-order valence-electron chi connectivity index (χ3n) is 6.20. The highest BCUT2D eigenvalue weighted by Gasteiger charge is 2.33. The van der Waals surface area contributed by atoms with Crippen molar-refractivity contribution in [3.05, 3.63) is 41.6 Å². The molecule has 1 atom stereocenters. The number of benzene rings is 1. The van der Waals surface area contributed by atoms with Crippen molar-refractivity contribution < 1.29 is 18.7 Å². The summed E-state index contributed by atoms with van der Waals surface area (Å²) in [6, 6.07) is 8.27. The van der Waals surface area contributed by atoms with Crippen LogP contribution in [-0.4, -0.2) is 64.8 Å². The second-order valence-electron chi connectivity index (χ2n) is 10.6. The van der Waals surface area contributed by atoms with Gasteiger partial charge in [-0.2, -0.15) is 10.2 Å². The Labute approximate surface area is 234 Å². The molecule has 0 radical (unpaired) electrons. The van der Waals surface area contributed by atoms with Gasteiger partial charge in [0.15, 0.2) is 0 Å². The third-order valence-corrected chi connectivity index (χ3v) is 6.20. The maximum absolute atomic E-state index is 12.7. The Morgan fingerprint density at radius 2 is 1.95 bits per heavy atom. The largest absolute Gasteiger partial charge is 0.444 e. The standard InChI is InChI=1S/C29H36FN7O3/c1-19(37(5)28(39)40-29(2,3)4)26(38)34-24-15-21(16-24)7-10-22-18-33-27(36-25(22)32-14-6-13-30)35-23-11-8-20(17-31)9-12-23/h8-9,11-12,18-19,21,24H,6,13-16H2,1-5H3,(H,34,38)(H2,32,33,35,36)/t19-,21-,24+/m0/s1. The Morgan fingerprint density at radius 1 is 1.25 bits per heavy atom. The van der Waals surface area contributed by atoms with Crippen molar-refractivity contribution in [1.29, 1.82) is 5.26 Å². The van der Waals surface area contributed by atoms with E-state index in [-0.39, 0.29) is 17.9 Å². The van der Waals surface area contributed by atoms with Crippen molar-refractivity contribution in [2.75, 3.05) is 30.9 Å². The first-order chi connectivity index (χ1) is 19.0. The van der Waals surface area contributed by atoms with E-state index in [0.717, 1.165) is 5.69 Å². The van der Waals surface area contributed by atoms with Crippen LogP contribution in [0.25, 0.3) is 0 Å². The molecule has 1 aromatic heterocycles. The van der Waals surface area contributed by atoms with Crippen LogP contribution >= 0.6 is 0 Å². The number of halogens is 1. The fraction of sp³-hybridized carbons (Fsp3) is 0.483. The molecule has 1 aromatic carbocycles. The molecule has 1 fully saturated rings. The molecule has 40 heavy (non-hydrogen) atoms. The van der Waals surface area contributed by atoms with Crippen molar-refractivity contribution in [3.63, 3.8) is 0 Å². The molecule has 0 spiro atoms. The molecule has 10 nitrogen and oxygen atoms in total. The summed E-state index contributed by atoms with van der Waals surface area (Å²) in [4.78, 5) is 35.0. The number of ether oxygens (including phenoxy) is 1. The predicted molar refractivity (Wildman–Crippen MR) is 151 cm³/mol. The summed E-state index contributed by atoms with van der Waals surface area (Å²) < 4.78 is 18.0. The SMILES string of the molecule is C[C@@H](C(=O)N[C@H]1C[C@@H](C#Cc2cnc(Nc3ccc(C#N)cc3)nc2NCCCF)C1)N(C)C(=O)OC(C)(C)C. The molecule has 3 N–H and O–H groups in total. The number of nitrogens with zero attached hydrogens (tertiary/aromatic N) is 4. The summed E-state index contributed by atoms with van der Waals surface area (Å²) in [6.45, 7) is 6.93. The molecule has 3 rings (SSSR count). The molecule has 0 unspecified atom stereocenters. The number of nitrogens with one attached hydrogen (secondary N) is 3. The van der Waals surface area contributed by atoms with E-state index in [2.05, 4.69) is 43.8 Å². The van der Waals surface area contributed by atoms with Gasteiger partial charge in [-0.1, -0.05) is 11.8 Å². The molecule has 0 saturated heterocycles. The van der Waals surface area contributed by atoms with Crippen LogP contribution in [0.15, 0.2) is 30.5 Å². The number of alkyl halides is 1. The monoisotopic (exact) mass is 549 g/mol. The normalized spacial score (nSPS) is 16.7. The average molecular weight is 550 g/mol. The van der Waals surface area contributed by atoms with E-state index in [1.54, 1.807) is 65.2 Å². The molecule has 0 bridgehead atoms. The number of nitriles is 1. The number of amides is 2. The highest BCUT2D eigenvalue weighted by Crippen LogP contribution is 2.27. The van der Waals surface area contributed by atoms with E-state index in [1.807, 2.05) is 0 Å². The van der Waals surface area contributed by atoms with Gasteiger partial charge in [0, 0.05) is 31.2 Å². The summed E-state index contributed by atoms with van der Waals surface area (Å²) in [6.07, 6.45) is 2.76. The van der Waals surface area contributed by atoms with Crippen molar-refractivity contribution >= 4 is 29.5 Å². The highest BCUT2D eigenvalue weighted by atomic mass is 19.1. The Balaban J connectivity index is 1.58. The maximum Gasteiger partial charge on any atom is 0.410 e. The van der Waals surface area contributed by atoms with Gasteiger partial charge in [-0.3, -0.25) is 14.1 Å². The average Bonchev–Trinajstić information content (AvgIpc) is 2.89. The Hall–Kier alpha value is -4.38. The number of carbonyl (C=O) groups excluding carboxylic acids is 2. The van der Waals surface area contributed by atoms with Gasteiger partial charge in [-0.25, -0.2) is 9.78 Å². The fourth-order valence-electron chi connectivity index (χ4n) is 3.72. The van der Waals surface area contributed by atoms with E-state index in [9.17, 15) is 14.0 Å². The third kappa shape index (κ3) is 8.84. The zero-order valence-electron chi connectivity index (χ0n) is 23.5. The number of anilines is 3. The molecule has 2 amide bonds. The molecule has 2 aromatic rings. The van der Waals surface area contributed by atoms with E-state index in [1.165, 1.54) is 4.90 Å². The highest BCUT2D eigenvalue weighted by molar-refractivity contribution is 5.85. The molecule has 212 valence electrons. The van der Waals surface area contributed by atoms with Gasteiger partial charge in [0.1, 0.15) is 17.5 Å². The van der Waals surface area contributed by atoms with Crippen LogP contribution in [0.5, 0.6) is 0 Å². The molecular formula is C29H36FN7O3. The van der Waals surface area contributed by atoms with E-state index in [4.69, 9.17) is 10.00 Å². The van der Waals surface area contributed by atoms with Crippen LogP contribution in [0.4, 0.5) is 26.6 Å². The lowest BCUT2D eigenvalue weighted by atomic mass is 9.80. The molecule has 1 aliphatic rings. The van der Waals surface area contributed by atoms with Gasteiger partial charge < -0.3 is 20.7 Å². The quantitative estimate of drug-likeness (QED) is 0.310. The molecular weight excluding hydrogens is 513 g/mol. The molecule has 1 heterocycles. The van der Waals surface area contributed by atoms with E-state index >= 15 is 0 Å². The minimum Gasteiger partial charge on any atom is -0.444 e. The first-order valence-corrected chi connectivity index (χ1v) is 13.2. The zero-order chi connectivity index (χ0) is 29.3. The number of hydrogen-bond donors (Lipinski definition) is 3. The molecule has 11 heteroatoms. The Kier molecular flexibility index (Phi) is 10.3. The van der Waals surface area contributed by atoms with Crippen molar-refractivity contribution in [2.45, 2.75) is 64.6 Å². The lowest BCUT2D eigenvalue weighted by Crippen LogP contribution is -2.52. The summed E-state index contributed by atoms with van der Waals surface area (Å²) in [5, 5.41) is 18.2. The summed E-state index contributed by atoms with van der Waals surface area (Å²) >= 11 is 0. The van der Waals surface area contributed by atoms with Crippen LogP contribution in [-0.2, 0) is 9.53 Å². The second-order valence-corrected chi connectivity index (χ2v) is 10.6. The van der Waals surface area contributed by atoms with Crippen LogP contribution in [0.2, 0.25) is 0 Å². The Morgan fingerprint density at radius 3 is 2.58 bits per heavy atom. The van der Waals surface area contributed by atoms with Gasteiger partial charge in [0.2, 0.25) is 11.9 Å². The van der Waals surface area contributed by atoms with Gasteiger partial charge in [0.05, 0.1) is 30.1 Å². The predicted octanol–water partition coefficient (Wildman–Crippen LogP) is 4.37. The molecule has 0 aliphatic heterocycles. The van der Waals surface area contributed by atoms with Crippen molar-refractivity contribution in [3.8, 4) is 17.9 Å². The number of aromatic nitrogens is 2. The number of carbonyl (C=O) groups is 2. The van der Waals surface area contributed by atoms with Crippen LogP contribution in [0, 0.1) is 29.1 Å². The maximum atomic E-state index is 12.7. The fourth-order valence-corrected chi connectivity index (χ4v) is 3.72. The van der Waals surface area contributed by atoms with Gasteiger partial charge in [-0.05, 0) is 71.2 Å². The number of likely N-dealkylation sites (N-methyl/N-ethyl adjacent to an activating group) is 1. The number of hydrogen-bond acceptors (Lipinski definition) is 8. The molecule has 1 saturated carbocycles. The summed E-state index contributed by atoms with van der Waals surface area (Å²) in [5.41, 5.74) is 1.22. The Bertz CT molecular complexity index is 1290. The van der Waals surface area contributed by atoms with Crippen LogP contribution in [0.3, 0.4) is 0 Å². The van der Waals surface area contributed by atoms with Crippen LogP contribution in [0.1, 0.15) is 58.1 Å². The number of rotatable bonds is 9. The van der Waals surface area contributed by atoms with Crippen molar-refractivity contribution in [1.82, 2.24) is 20.2 Å². The first kappa shape index (κ1) is 30.2. The lowest BCUT2D eigenvalue weighted by molar-refractivity contribution is -0.126. The van der Waals surface area contributed by atoms with E-state index < -0.39 is 24.4 Å². The zero-order valence-corrected chi connectivity index (χ0v) is 23.5. The summed E-state index contributed by atoms with van der Waals surface area (Å²) in [5.74, 6) is 7.01. The first-order valence-electron chi connectivity index (χ1n) is 13.2. The minimum absolute atomic E-state index is 0.0290. The van der Waals surface area contributed by atoms with Gasteiger partial charge in [0.25, 0.3) is 0 Å². The van der Waals surface area contributed by atoms with Crippen LogP contribution < -0.4 is 16.0 Å². The van der Waals surface area contributed by atoms with E-state index in [0.29, 0.717) is 48.7 Å². The molecule has 1 aliphatic carbocycles. The lowest BCUT2D eigenvalue weighted by Gasteiger charge is -2.34. The topological polar surface area (TPSA) is 132 Å². The van der Waals surface area contributed by atoms with Crippen molar-refractivity contribution in [2.24, 2.45) is 5.92 Å². The van der Waals surface area contributed by atoms with Gasteiger partial charge >= 0.3 is 6.09 Å². The second kappa shape index (κ2) is 13.6. The summed E-state index contributed by atoms with van der Waals surface area (Å²) in [7, 11) is 1.54. The minimum atomic E-state index is -0.675.